The predicted molar refractivity (Wildman–Crippen MR) is 155 cm³/mol. The van der Waals surface area contributed by atoms with Crippen molar-refractivity contribution in [3.05, 3.63) is 61.2 Å². The molecule has 1 aromatic carbocycles. The first-order chi connectivity index (χ1) is 19.4. The molecule has 3 saturated heterocycles. The molecule has 0 radical (unpaired) electrons. The molecule has 2 amide bonds. The number of rotatable bonds is 16. The minimum Gasteiger partial charge on any atom is -0.465 e. The Labute approximate surface area is 245 Å². The van der Waals surface area contributed by atoms with Crippen molar-refractivity contribution < 1.29 is 29.0 Å². The first-order valence-corrected chi connectivity index (χ1v) is 15.3. The molecule has 0 aliphatic carbocycles. The Bertz CT molecular complexity index is 1070. The van der Waals surface area contributed by atoms with E-state index in [2.05, 4.69) is 29.1 Å². The number of likely N-dealkylation sites (tertiary alicyclic amines) is 1. The summed E-state index contributed by atoms with van der Waals surface area (Å²) in [5.41, 5.74) is -0.137. The van der Waals surface area contributed by atoms with E-state index < -0.39 is 35.6 Å². The van der Waals surface area contributed by atoms with Crippen LogP contribution in [-0.4, -0.2) is 81.6 Å². The number of nitrogens with zero attached hydrogens (tertiary/aromatic N) is 2. The lowest BCUT2D eigenvalue weighted by molar-refractivity contribution is -0.155. The number of hydrogen-bond donors (Lipinski definition) is 1. The summed E-state index contributed by atoms with van der Waals surface area (Å²) in [5.74, 6) is -2.40. The maximum absolute atomic E-state index is 14.4. The van der Waals surface area contributed by atoms with Crippen LogP contribution in [0.2, 0.25) is 0 Å². The molecule has 9 heteroatoms. The zero-order valence-corrected chi connectivity index (χ0v) is 24.7. The molecule has 3 aliphatic heterocycles. The number of amides is 2. The smallest absolute Gasteiger partial charge is 0.312 e. The summed E-state index contributed by atoms with van der Waals surface area (Å²) in [5, 5.41) is 9.15. The van der Waals surface area contributed by atoms with Gasteiger partial charge in [0.25, 0.3) is 0 Å². The molecule has 218 valence electrons. The lowest BCUT2D eigenvalue weighted by Crippen LogP contribution is -2.56. The second-order valence-corrected chi connectivity index (χ2v) is 12.1. The zero-order valence-electron chi connectivity index (χ0n) is 23.1. The fourth-order valence-corrected chi connectivity index (χ4v) is 7.47. The molecular formula is C31H41BrN2O6. The van der Waals surface area contributed by atoms with Gasteiger partial charge in [-0.15, -0.1) is 13.2 Å². The van der Waals surface area contributed by atoms with E-state index in [0.29, 0.717) is 45.3 Å². The summed E-state index contributed by atoms with van der Waals surface area (Å²) in [7, 11) is 0. The van der Waals surface area contributed by atoms with Crippen molar-refractivity contribution in [3.63, 3.8) is 0 Å². The van der Waals surface area contributed by atoms with E-state index in [-0.39, 0.29) is 29.9 Å². The van der Waals surface area contributed by atoms with Crippen molar-refractivity contribution in [3.8, 4) is 0 Å². The molecule has 40 heavy (non-hydrogen) atoms. The molecule has 6 atom stereocenters. The third-order valence-corrected chi connectivity index (χ3v) is 9.12. The Morgan fingerprint density at radius 1 is 1.15 bits per heavy atom. The van der Waals surface area contributed by atoms with Gasteiger partial charge in [0, 0.05) is 31.1 Å². The van der Waals surface area contributed by atoms with E-state index in [1.54, 1.807) is 22.0 Å². The van der Waals surface area contributed by atoms with Gasteiger partial charge in [0.15, 0.2) is 0 Å². The summed E-state index contributed by atoms with van der Waals surface area (Å²) in [6.45, 7) is 9.02. The van der Waals surface area contributed by atoms with Gasteiger partial charge >= 0.3 is 5.97 Å². The number of hydrogen-bond acceptors (Lipinski definition) is 6. The molecule has 0 aromatic heterocycles. The highest BCUT2D eigenvalue weighted by Crippen LogP contribution is 2.60. The molecule has 4 rings (SSSR count). The van der Waals surface area contributed by atoms with Gasteiger partial charge in [-0.3, -0.25) is 14.4 Å². The number of carbonyl (C=O) groups is 3. The minimum atomic E-state index is -1.11. The van der Waals surface area contributed by atoms with Crippen LogP contribution in [0.4, 0.5) is 0 Å². The fraction of sp³-hybridized carbons (Fsp3) is 0.581. The van der Waals surface area contributed by atoms with Gasteiger partial charge in [-0.25, -0.2) is 0 Å². The summed E-state index contributed by atoms with van der Waals surface area (Å²) >= 11 is 3.71. The second-order valence-electron chi connectivity index (χ2n) is 10.9. The average Bonchev–Trinajstić information content (AvgIpc) is 3.54. The Balaban J connectivity index is 1.64. The maximum atomic E-state index is 14.4. The van der Waals surface area contributed by atoms with Crippen LogP contribution in [0.3, 0.4) is 0 Å². The van der Waals surface area contributed by atoms with E-state index in [4.69, 9.17) is 14.6 Å². The standard InChI is InChI=1S/C31H41BrN2O6/c1-3-5-13-19-39-30(38)24-25-28(36)34(17-11-6-7-12-18-35)27(31(25)20-23(32)26(24)40-31)29(37)33(16-4-2)21-22-14-9-8-10-15-22/h3-4,8-10,14-15,23-27,35H,1-2,5-7,11-13,16-21H2/t23?,24-,25+,26-,27?,31?/m1/s1. The number of aliphatic hydroxyl groups excluding tert-OH is 1. The highest BCUT2D eigenvalue weighted by Gasteiger charge is 2.77. The summed E-state index contributed by atoms with van der Waals surface area (Å²) in [4.78, 5) is 45.1. The third-order valence-electron chi connectivity index (χ3n) is 8.28. The predicted octanol–water partition coefficient (Wildman–Crippen LogP) is 4.01. The SMILES string of the molecule is C=CCCCOC(=O)[C@H]1[C@@H]2OC3(CC2Br)C(C(=O)N(CC=C)Cc2ccccc2)N(CCCCCCO)C(=O)[C@H]13. The van der Waals surface area contributed by atoms with Gasteiger partial charge < -0.3 is 24.4 Å². The summed E-state index contributed by atoms with van der Waals surface area (Å²) in [6, 6.07) is 8.87. The first kappa shape index (κ1) is 30.5. The van der Waals surface area contributed by atoms with Gasteiger partial charge in [0.2, 0.25) is 11.8 Å². The normalized spacial score (nSPS) is 28.4. The number of benzene rings is 1. The van der Waals surface area contributed by atoms with Crippen molar-refractivity contribution in [2.75, 3.05) is 26.3 Å². The molecule has 3 aliphatic rings. The highest BCUT2D eigenvalue weighted by atomic mass is 79.9. The number of esters is 1. The number of carbonyl (C=O) groups excluding carboxylic acids is 3. The van der Waals surface area contributed by atoms with Crippen molar-refractivity contribution in [2.24, 2.45) is 11.8 Å². The van der Waals surface area contributed by atoms with Crippen molar-refractivity contribution in [2.45, 2.75) is 74.1 Å². The molecule has 1 aromatic rings. The number of unbranched alkanes of at least 4 members (excludes halogenated alkanes) is 4. The zero-order chi connectivity index (χ0) is 28.7. The van der Waals surface area contributed by atoms with Gasteiger partial charge in [0.1, 0.15) is 11.6 Å². The van der Waals surface area contributed by atoms with Crippen LogP contribution in [0.15, 0.2) is 55.6 Å². The average molecular weight is 618 g/mol. The van der Waals surface area contributed by atoms with Crippen LogP contribution in [0.25, 0.3) is 0 Å². The number of ether oxygens (including phenoxy) is 2. The maximum Gasteiger partial charge on any atom is 0.312 e. The topological polar surface area (TPSA) is 96.4 Å². The molecule has 1 N–H and O–H groups in total. The number of allylic oxidation sites excluding steroid dienone is 1. The Kier molecular flexibility index (Phi) is 10.6. The molecule has 2 bridgehead atoms. The van der Waals surface area contributed by atoms with Crippen LogP contribution in [-0.2, 0) is 30.4 Å². The number of alkyl halides is 1. The van der Waals surface area contributed by atoms with Crippen molar-refractivity contribution >= 4 is 33.7 Å². The molecular weight excluding hydrogens is 576 g/mol. The molecule has 3 unspecified atom stereocenters. The second kappa shape index (κ2) is 13.9. The van der Waals surface area contributed by atoms with Crippen LogP contribution in [0.5, 0.6) is 0 Å². The molecule has 0 saturated carbocycles. The van der Waals surface area contributed by atoms with Gasteiger partial charge in [-0.05, 0) is 37.7 Å². The van der Waals surface area contributed by atoms with E-state index in [0.717, 1.165) is 24.8 Å². The Morgan fingerprint density at radius 2 is 1.90 bits per heavy atom. The van der Waals surface area contributed by atoms with Crippen molar-refractivity contribution in [1.82, 2.24) is 9.80 Å². The molecule has 1 spiro atoms. The van der Waals surface area contributed by atoms with E-state index in [9.17, 15) is 14.4 Å². The lowest BCUT2D eigenvalue weighted by atomic mass is 9.70. The quantitative estimate of drug-likeness (QED) is 0.130. The largest absolute Gasteiger partial charge is 0.465 e. The molecule has 3 fully saturated rings. The van der Waals surface area contributed by atoms with Crippen LogP contribution < -0.4 is 0 Å². The van der Waals surface area contributed by atoms with Crippen LogP contribution in [0.1, 0.15) is 50.5 Å². The highest BCUT2D eigenvalue weighted by molar-refractivity contribution is 9.09. The number of aliphatic hydroxyl groups is 1. The van der Waals surface area contributed by atoms with Gasteiger partial charge in [-0.1, -0.05) is 71.3 Å². The Morgan fingerprint density at radius 3 is 2.60 bits per heavy atom. The van der Waals surface area contributed by atoms with Crippen molar-refractivity contribution in [1.29, 1.82) is 0 Å². The number of fused-ring (bicyclic) bond motifs is 1. The minimum absolute atomic E-state index is 0.128. The molecule has 3 heterocycles. The van der Waals surface area contributed by atoms with Crippen LogP contribution in [0, 0.1) is 11.8 Å². The fourth-order valence-electron chi connectivity index (χ4n) is 6.53. The van der Waals surface area contributed by atoms with E-state index in [1.165, 1.54) is 0 Å². The molecule has 8 nitrogen and oxygen atoms in total. The first-order valence-electron chi connectivity index (χ1n) is 14.3. The monoisotopic (exact) mass is 616 g/mol. The summed E-state index contributed by atoms with van der Waals surface area (Å²) < 4.78 is 12.2. The van der Waals surface area contributed by atoms with Gasteiger partial charge in [0.05, 0.1) is 24.5 Å². The van der Waals surface area contributed by atoms with Gasteiger partial charge in [-0.2, -0.15) is 0 Å². The van der Waals surface area contributed by atoms with E-state index in [1.807, 2.05) is 30.3 Å². The lowest BCUT2D eigenvalue weighted by Gasteiger charge is -2.37. The van der Waals surface area contributed by atoms with Crippen LogP contribution >= 0.6 is 15.9 Å². The third kappa shape index (κ3) is 6.06. The number of halogens is 1. The summed E-state index contributed by atoms with van der Waals surface area (Å²) in [6.07, 6.45) is 7.82. The van der Waals surface area contributed by atoms with E-state index >= 15 is 0 Å². The Hall–Kier alpha value is -2.49.